The number of fused-ring (bicyclic) bond motifs is 11. The van der Waals surface area contributed by atoms with Crippen LogP contribution in [0.15, 0.2) is 217 Å². The molecule has 4 fully saturated rings. The standard InChI is InChI=1S/C22H26N2O3.2C21H21N3O2.C21H22N2O3.C20H22N2O2/c1-20(2)18-13-17-16(14-23-24(17)15-7-5-4-6-8-15)19(25)21(18,3)9-10-22(20)26-11-12-27-22;1-20(2)17-9-16-15(12-22-24(16)14-7-5-4-6-8-14)18(25)21(17,3)10-13-11-23-26-19(13)20;1-20(2)17-10-16-14(12-23-24(16)13-8-6-5-7-9-13)18(25)21(17,3)11-15(22-4)19(20)26;1-20(2)17-9-16-15(11-22-23(16)14-7-5-4-6-8-14)19(26)21(17,3)10-13(12-24)18(20)25;1-19(2)16-11-15-14(18(24)20(16,3)10-9-17(19)23)12-21-22(15)13-7-5-4-6-8-13/h4-8,14,18H,9-13H2,1-3H3;4-8,11-12,17H,9-10H2,1-3H3;5-9,12,17,26H,10-11H2,1-3H3;4-8,11-12,17,24H,9-10H2,1-3H3;4-8,12,16H,9-11H2,1-3H3/b;;;13-12-;/t18-,21-;3*17-,21-;16-,20-/m00000/s1. The number of rotatable bonds is 5. The van der Waals surface area contributed by atoms with E-state index in [1.807, 2.05) is 237 Å². The summed E-state index contributed by atoms with van der Waals surface area (Å²) in [6.45, 7) is 39.1. The van der Waals surface area contributed by atoms with Gasteiger partial charge in [-0.2, -0.15) is 25.5 Å². The third-order valence-corrected chi connectivity index (χ3v) is 32.6. The molecule has 10 aliphatic carbocycles. The summed E-state index contributed by atoms with van der Waals surface area (Å²) in [5.74, 6) is 1.28. The van der Waals surface area contributed by atoms with Crippen LogP contribution in [0.3, 0.4) is 0 Å². The largest absolute Gasteiger partial charge is 0.523 e. The van der Waals surface area contributed by atoms with Crippen LogP contribution in [0.2, 0.25) is 0 Å². The minimum atomic E-state index is -0.735. The molecule has 7 heterocycles. The Balaban J connectivity index is 0.000000109. The minimum Gasteiger partial charge on any atom is -0.523 e. The van der Waals surface area contributed by atoms with Gasteiger partial charge < -0.3 is 24.2 Å². The predicted octanol–water partition coefficient (Wildman–Crippen LogP) is 19.2. The average Bonchev–Trinajstić information content (AvgIpc) is 1.66. The third-order valence-electron chi connectivity index (χ3n) is 32.6. The molecule has 10 atom stereocenters. The Morgan fingerprint density at radius 1 is 0.380 bits per heavy atom. The summed E-state index contributed by atoms with van der Waals surface area (Å²) in [5, 5.41) is 46.7. The Morgan fingerprint density at radius 2 is 0.705 bits per heavy atom. The lowest BCUT2D eigenvalue weighted by Crippen LogP contribution is -2.62. The van der Waals surface area contributed by atoms with Crippen molar-refractivity contribution < 1.29 is 57.8 Å². The topological polar surface area (TPSA) is 298 Å². The Morgan fingerprint density at radius 3 is 1.08 bits per heavy atom. The summed E-state index contributed by atoms with van der Waals surface area (Å²) in [6.07, 6.45) is 18.6. The van der Waals surface area contributed by atoms with Crippen molar-refractivity contribution >= 4 is 40.5 Å². The summed E-state index contributed by atoms with van der Waals surface area (Å²) in [7, 11) is 0. The third kappa shape index (κ3) is 13.3. The average molecular weight is 1730 g/mol. The van der Waals surface area contributed by atoms with E-state index in [1.54, 1.807) is 37.2 Å². The molecular weight excluding hydrogens is 1620 g/mol. The SMILES string of the molecule is CC1(C)C(=O)/C(=C\O)C[C@]2(C)C(=O)c3cnn(-c4ccccc4)c3C[C@@H]12.CC1(C)C(=O)CC[C@]2(C)C(=O)c3cnn(-c4ccccc4)c3C[C@@H]12.CC1(C)[C@@H]2Cc3c(cnn3-c3ccccc3)C(=O)[C@@]2(C)CCC12OCCO2.CC1(C)c2oncc2C[C@]2(C)C(=O)c3cnn(-c4ccccc4)c3C[C@@H]12.[C-]#[N+]C1=C(O)C(C)(C)[C@@H]2Cc3c(cnn3-c3ccccc3)C(=O)[C@@]2(C)C1. The fourth-order valence-electron chi connectivity index (χ4n) is 25.2. The zero-order valence-corrected chi connectivity index (χ0v) is 76.1. The highest BCUT2D eigenvalue weighted by Crippen LogP contribution is 2.65. The summed E-state index contributed by atoms with van der Waals surface area (Å²) in [6, 6.07) is 49.4. The number of ketones is 7. The van der Waals surface area contributed by atoms with Crippen molar-refractivity contribution in [3.05, 3.63) is 291 Å². The van der Waals surface area contributed by atoms with E-state index in [-0.39, 0.29) is 99.5 Å². The first kappa shape index (κ1) is 87.2. The Kier molecular flexibility index (Phi) is 21.1. The first-order valence-corrected chi connectivity index (χ1v) is 45.1. The van der Waals surface area contributed by atoms with E-state index in [2.05, 4.69) is 77.0 Å². The summed E-state index contributed by atoms with van der Waals surface area (Å²) in [5.41, 5.74) is 9.52. The first-order chi connectivity index (χ1) is 61.3. The number of aliphatic hydroxyl groups is 2. The van der Waals surface area contributed by atoms with Gasteiger partial charge in [-0.15, -0.1) is 0 Å². The molecule has 1 saturated heterocycles. The van der Waals surface area contributed by atoms with Crippen molar-refractivity contribution in [2.45, 2.75) is 192 Å². The fourth-order valence-corrected chi connectivity index (χ4v) is 25.2. The van der Waals surface area contributed by atoms with E-state index in [0.717, 1.165) is 117 Å². The second-order valence-electron chi connectivity index (χ2n) is 41.4. The van der Waals surface area contributed by atoms with Crippen molar-refractivity contribution in [3.8, 4) is 28.4 Å². The van der Waals surface area contributed by atoms with Gasteiger partial charge in [0.2, 0.25) is 5.70 Å². The Hall–Kier alpha value is -12.5. The maximum absolute atomic E-state index is 13.6. The lowest BCUT2D eigenvalue weighted by atomic mass is 9.49. The molecule has 6 aromatic heterocycles. The van der Waals surface area contributed by atoms with E-state index in [4.69, 9.17) is 20.6 Å². The summed E-state index contributed by atoms with van der Waals surface area (Å²) in [4.78, 5) is 96.0. The van der Waals surface area contributed by atoms with Gasteiger partial charge in [0.25, 0.3) is 0 Å². The van der Waals surface area contributed by atoms with E-state index in [9.17, 15) is 43.8 Å². The molecule has 664 valence electrons. The molecule has 11 aliphatic rings. The van der Waals surface area contributed by atoms with Crippen LogP contribution in [0, 0.1) is 84.9 Å². The molecule has 0 radical (unpaired) electrons. The zero-order chi connectivity index (χ0) is 91.5. The molecule has 2 N–H and O–H groups in total. The lowest BCUT2D eigenvalue weighted by Gasteiger charge is -2.58. The number of hydrogen-bond donors (Lipinski definition) is 2. The molecule has 0 unspecified atom stereocenters. The fraction of sp³-hybridized carbons (Fsp3) is 0.429. The van der Waals surface area contributed by atoms with Crippen LogP contribution in [0.25, 0.3) is 33.3 Å². The van der Waals surface area contributed by atoms with Crippen LogP contribution in [0.5, 0.6) is 0 Å². The lowest BCUT2D eigenvalue weighted by molar-refractivity contribution is -0.277. The number of para-hydroxylation sites is 5. The van der Waals surface area contributed by atoms with Gasteiger partial charge in [-0.05, 0) is 154 Å². The zero-order valence-electron chi connectivity index (χ0n) is 76.1. The highest BCUT2D eigenvalue weighted by molar-refractivity contribution is 6.09. The first-order valence-electron chi connectivity index (χ1n) is 45.1. The number of nitrogens with zero attached hydrogens (tertiary/aromatic N) is 12. The number of carbonyl (C=O) groups is 7. The molecule has 3 saturated carbocycles. The van der Waals surface area contributed by atoms with Gasteiger partial charge in [0.15, 0.2) is 40.5 Å². The van der Waals surface area contributed by atoms with Gasteiger partial charge in [-0.25, -0.2) is 28.3 Å². The monoisotopic (exact) mass is 1730 g/mol. The van der Waals surface area contributed by atoms with Gasteiger partial charge >= 0.3 is 0 Å². The van der Waals surface area contributed by atoms with Crippen LogP contribution >= 0.6 is 0 Å². The molecule has 0 amide bonds. The molecule has 0 bridgehead atoms. The van der Waals surface area contributed by atoms with Crippen molar-refractivity contribution in [1.29, 1.82) is 0 Å². The van der Waals surface area contributed by atoms with Crippen LogP contribution in [-0.4, -0.2) is 124 Å². The highest BCUT2D eigenvalue weighted by Gasteiger charge is 2.67. The Labute approximate surface area is 751 Å². The number of ether oxygens (including phenoxy) is 2. The normalized spacial score (nSPS) is 28.2. The Bertz CT molecular complexity index is 6460. The number of carbonyl (C=O) groups excluding carboxylic acids is 7. The summed E-state index contributed by atoms with van der Waals surface area (Å²) < 4.78 is 27.3. The number of benzene rings is 5. The molecule has 5 aromatic carbocycles. The van der Waals surface area contributed by atoms with Crippen molar-refractivity contribution in [3.63, 3.8) is 0 Å². The molecule has 22 rings (SSSR count). The number of hydrogen-bond acceptors (Lipinski definition) is 18. The van der Waals surface area contributed by atoms with E-state index >= 15 is 0 Å². The van der Waals surface area contributed by atoms with Crippen LogP contribution in [-0.2, 0) is 63.0 Å². The number of aliphatic hydroxyl groups excluding tert-OH is 2. The van der Waals surface area contributed by atoms with Crippen LogP contribution < -0.4 is 0 Å². The van der Waals surface area contributed by atoms with Gasteiger partial charge in [-0.3, -0.25) is 33.6 Å². The maximum atomic E-state index is 13.6. The quantitative estimate of drug-likeness (QED) is 0.0919. The van der Waals surface area contributed by atoms with Crippen molar-refractivity contribution in [2.75, 3.05) is 13.2 Å². The molecule has 11 aromatic rings. The number of Topliss-reactive ketones (excluding diaryl/α,β-unsaturated/α-hetero) is 7. The van der Waals surface area contributed by atoms with E-state index < -0.39 is 49.1 Å². The molecule has 24 heteroatoms. The van der Waals surface area contributed by atoms with Crippen LogP contribution in [0.4, 0.5) is 0 Å². The van der Waals surface area contributed by atoms with E-state index in [0.29, 0.717) is 74.1 Å². The molecule has 129 heavy (non-hydrogen) atoms. The van der Waals surface area contributed by atoms with Crippen LogP contribution in [0.1, 0.15) is 234 Å². The smallest absolute Gasteiger partial charge is 0.203 e. The van der Waals surface area contributed by atoms with Crippen molar-refractivity contribution in [1.82, 2.24) is 54.1 Å². The predicted molar refractivity (Wildman–Crippen MR) is 484 cm³/mol. The minimum absolute atomic E-state index is 0.00542. The van der Waals surface area contributed by atoms with E-state index in [1.165, 1.54) is 0 Å². The number of aromatic nitrogens is 11. The molecule has 24 nitrogen and oxygen atoms in total. The van der Waals surface area contributed by atoms with Gasteiger partial charge in [0.1, 0.15) is 17.3 Å². The van der Waals surface area contributed by atoms with Gasteiger partial charge in [0, 0.05) is 78.1 Å². The molecular formula is C105H112N12O12. The molecule has 1 aliphatic heterocycles. The van der Waals surface area contributed by atoms with Gasteiger partial charge in [0.05, 0.1) is 148 Å². The van der Waals surface area contributed by atoms with Gasteiger partial charge in [-0.1, -0.05) is 200 Å². The second kappa shape index (κ2) is 31.2. The molecule has 1 spiro atoms. The van der Waals surface area contributed by atoms with Crippen molar-refractivity contribution in [2.24, 2.45) is 78.3 Å². The summed E-state index contributed by atoms with van der Waals surface area (Å²) >= 11 is 0. The number of allylic oxidation sites excluding steroid dienone is 3. The highest BCUT2D eigenvalue weighted by atomic mass is 16.7. The maximum Gasteiger partial charge on any atom is 0.203 e. The second-order valence-corrected chi connectivity index (χ2v) is 41.4.